The molecule has 0 fully saturated rings. The van der Waals surface area contributed by atoms with E-state index in [1.807, 2.05) is 6.07 Å². The van der Waals surface area contributed by atoms with Crippen LogP contribution >= 0.6 is 0 Å². The van der Waals surface area contributed by atoms with Crippen LogP contribution in [0, 0.1) is 5.82 Å². The number of ether oxygens (including phenoxy) is 1. The second kappa shape index (κ2) is 5.92. The minimum absolute atomic E-state index is 0.206. The summed E-state index contributed by atoms with van der Waals surface area (Å²) in [4.78, 5) is 11.4. The van der Waals surface area contributed by atoms with Crippen LogP contribution in [0.5, 0.6) is 5.75 Å². The average Bonchev–Trinajstić information content (AvgIpc) is 2.83. The SMILES string of the molecule is COc1ccn2ccc(CCNC(=O)[C@H](C)N)c2c1F. The van der Waals surface area contributed by atoms with Crippen LogP contribution in [0.2, 0.25) is 0 Å². The zero-order chi connectivity index (χ0) is 14.7. The molecule has 5 nitrogen and oxygen atoms in total. The van der Waals surface area contributed by atoms with Gasteiger partial charge in [-0.2, -0.15) is 0 Å². The van der Waals surface area contributed by atoms with E-state index in [4.69, 9.17) is 10.5 Å². The summed E-state index contributed by atoms with van der Waals surface area (Å²) in [6, 6.07) is 2.86. The zero-order valence-electron chi connectivity index (χ0n) is 11.5. The van der Waals surface area contributed by atoms with Gasteiger partial charge in [0.05, 0.1) is 18.7 Å². The van der Waals surface area contributed by atoms with Gasteiger partial charge in [0.25, 0.3) is 0 Å². The fourth-order valence-electron chi connectivity index (χ4n) is 2.05. The molecular formula is C14H18FN3O2. The number of halogens is 1. The number of methoxy groups -OCH3 is 1. The summed E-state index contributed by atoms with van der Waals surface area (Å²) in [6.07, 6.45) is 4.04. The molecule has 0 aliphatic heterocycles. The summed E-state index contributed by atoms with van der Waals surface area (Å²) in [5, 5.41) is 2.71. The van der Waals surface area contributed by atoms with Crippen LogP contribution in [0.15, 0.2) is 24.5 Å². The van der Waals surface area contributed by atoms with Crippen molar-refractivity contribution in [2.45, 2.75) is 19.4 Å². The number of amides is 1. The van der Waals surface area contributed by atoms with Crippen molar-refractivity contribution < 1.29 is 13.9 Å². The van der Waals surface area contributed by atoms with Crippen LogP contribution < -0.4 is 15.8 Å². The Morgan fingerprint density at radius 1 is 1.50 bits per heavy atom. The lowest BCUT2D eigenvalue weighted by molar-refractivity contribution is -0.121. The highest BCUT2D eigenvalue weighted by Gasteiger charge is 2.13. The van der Waals surface area contributed by atoms with E-state index in [-0.39, 0.29) is 11.7 Å². The van der Waals surface area contributed by atoms with E-state index in [2.05, 4.69) is 5.32 Å². The number of aromatic nitrogens is 1. The first-order chi connectivity index (χ1) is 9.54. The van der Waals surface area contributed by atoms with Gasteiger partial charge in [-0.05, 0) is 31.0 Å². The zero-order valence-corrected chi connectivity index (χ0v) is 11.5. The van der Waals surface area contributed by atoms with Gasteiger partial charge in [0, 0.05) is 18.9 Å². The average molecular weight is 279 g/mol. The largest absolute Gasteiger partial charge is 0.494 e. The number of carbonyl (C=O) groups excluding carboxylic acids is 1. The van der Waals surface area contributed by atoms with E-state index in [0.717, 1.165) is 5.56 Å². The van der Waals surface area contributed by atoms with Crippen molar-refractivity contribution in [3.63, 3.8) is 0 Å². The normalized spacial score (nSPS) is 12.4. The standard InChI is InChI=1S/C14H18FN3O2/c1-9(16)14(19)17-6-3-10-4-7-18-8-5-11(20-2)12(15)13(10)18/h4-5,7-9H,3,6,16H2,1-2H3,(H,17,19)/t9-/m0/s1. The first-order valence-electron chi connectivity index (χ1n) is 6.40. The number of pyridine rings is 1. The lowest BCUT2D eigenvalue weighted by Crippen LogP contribution is -2.39. The van der Waals surface area contributed by atoms with Gasteiger partial charge >= 0.3 is 0 Å². The Labute approximate surface area is 116 Å². The molecule has 2 aromatic heterocycles. The Kier molecular flexibility index (Phi) is 4.24. The molecule has 0 aromatic carbocycles. The lowest BCUT2D eigenvalue weighted by atomic mass is 10.2. The predicted octanol–water partition coefficient (Wildman–Crippen LogP) is 1.09. The maximum Gasteiger partial charge on any atom is 0.236 e. The Balaban J connectivity index is 2.16. The van der Waals surface area contributed by atoms with Crippen molar-refractivity contribution in [2.24, 2.45) is 5.73 Å². The van der Waals surface area contributed by atoms with Crippen LogP contribution in [0.4, 0.5) is 4.39 Å². The van der Waals surface area contributed by atoms with Gasteiger partial charge < -0.3 is 20.2 Å². The van der Waals surface area contributed by atoms with Crippen molar-refractivity contribution in [3.05, 3.63) is 35.9 Å². The maximum atomic E-state index is 14.2. The molecule has 0 saturated heterocycles. The first-order valence-corrected chi connectivity index (χ1v) is 6.40. The van der Waals surface area contributed by atoms with Gasteiger partial charge in [0.15, 0.2) is 11.6 Å². The fourth-order valence-corrected chi connectivity index (χ4v) is 2.05. The summed E-state index contributed by atoms with van der Waals surface area (Å²) in [5.74, 6) is -0.405. The molecule has 0 radical (unpaired) electrons. The number of nitrogens with zero attached hydrogens (tertiary/aromatic N) is 1. The molecule has 20 heavy (non-hydrogen) atoms. The third-order valence-corrected chi connectivity index (χ3v) is 3.14. The highest BCUT2D eigenvalue weighted by atomic mass is 19.1. The molecule has 2 heterocycles. The van der Waals surface area contributed by atoms with Gasteiger partial charge in [-0.1, -0.05) is 0 Å². The Morgan fingerprint density at radius 2 is 2.20 bits per heavy atom. The van der Waals surface area contributed by atoms with Crippen molar-refractivity contribution in [2.75, 3.05) is 13.7 Å². The van der Waals surface area contributed by atoms with Gasteiger partial charge in [-0.3, -0.25) is 4.79 Å². The smallest absolute Gasteiger partial charge is 0.236 e. The van der Waals surface area contributed by atoms with Crippen LogP contribution in [0.1, 0.15) is 12.5 Å². The number of hydrogen-bond acceptors (Lipinski definition) is 3. The van der Waals surface area contributed by atoms with E-state index in [1.165, 1.54) is 7.11 Å². The molecule has 1 amide bonds. The van der Waals surface area contributed by atoms with Crippen molar-refractivity contribution in [1.82, 2.24) is 9.72 Å². The first kappa shape index (κ1) is 14.3. The number of nitrogens with two attached hydrogens (primary N) is 1. The predicted molar refractivity (Wildman–Crippen MR) is 74.3 cm³/mol. The molecule has 0 unspecified atom stereocenters. The Hall–Kier alpha value is -2.08. The molecule has 2 aromatic rings. The van der Waals surface area contributed by atoms with E-state index in [1.54, 1.807) is 29.8 Å². The summed E-state index contributed by atoms with van der Waals surface area (Å²) in [6.45, 7) is 2.03. The van der Waals surface area contributed by atoms with Crippen molar-refractivity contribution in [3.8, 4) is 5.75 Å². The lowest BCUT2D eigenvalue weighted by Gasteiger charge is -2.08. The van der Waals surface area contributed by atoms with Crippen molar-refractivity contribution in [1.29, 1.82) is 0 Å². The van der Waals surface area contributed by atoms with Gasteiger partial charge in [0.2, 0.25) is 5.91 Å². The molecule has 108 valence electrons. The van der Waals surface area contributed by atoms with Gasteiger partial charge in [-0.25, -0.2) is 4.39 Å². The molecule has 0 saturated carbocycles. The van der Waals surface area contributed by atoms with Gasteiger partial charge in [-0.15, -0.1) is 0 Å². The summed E-state index contributed by atoms with van der Waals surface area (Å²) < 4.78 is 20.9. The van der Waals surface area contributed by atoms with E-state index < -0.39 is 11.9 Å². The molecule has 3 N–H and O–H groups in total. The number of nitrogens with one attached hydrogen (secondary N) is 1. The number of hydrogen-bond donors (Lipinski definition) is 2. The van der Waals surface area contributed by atoms with Crippen LogP contribution in [-0.4, -0.2) is 30.0 Å². The molecule has 6 heteroatoms. The molecule has 1 atom stereocenters. The molecule has 2 rings (SSSR count). The fraction of sp³-hybridized carbons (Fsp3) is 0.357. The summed E-state index contributed by atoms with van der Waals surface area (Å²) >= 11 is 0. The summed E-state index contributed by atoms with van der Waals surface area (Å²) in [5.41, 5.74) is 6.74. The Morgan fingerprint density at radius 3 is 2.85 bits per heavy atom. The third-order valence-electron chi connectivity index (χ3n) is 3.14. The second-order valence-electron chi connectivity index (χ2n) is 4.62. The van der Waals surface area contributed by atoms with Crippen molar-refractivity contribution >= 4 is 11.4 Å². The Bertz CT molecular complexity index is 622. The van der Waals surface area contributed by atoms with Crippen LogP contribution in [0.3, 0.4) is 0 Å². The minimum atomic E-state index is -0.544. The summed E-state index contributed by atoms with van der Waals surface area (Å²) in [7, 11) is 1.43. The quantitative estimate of drug-likeness (QED) is 0.861. The highest BCUT2D eigenvalue weighted by molar-refractivity contribution is 5.80. The third kappa shape index (κ3) is 2.75. The maximum absolute atomic E-state index is 14.2. The topological polar surface area (TPSA) is 68.8 Å². The number of fused-ring (bicyclic) bond motifs is 1. The molecule has 0 spiro atoms. The van der Waals surface area contributed by atoms with Crippen LogP contribution in [-0.2, 0) is 11.2 Å². The molecule has 0 aliphatic rings. The molecular weight excluding hydrogens is 261 g/mol. The number of carbonyl (C=O) groups is 1. The minimum Gasteiger partial charge on any atom is -0.494 e. The second-order valence-corrected chi connectivity index (χ2v) is 4.62. The highest BCUT2D eigenvalue weighted by Crippen LogP contribution is 2.24. The van der Waals surface area contributed by atoms with Gasteiger partial charge in [0.1, 0.15) is 0 Å². The van der Waals surface area contributed by atoms with E-state index in [0.29, 0.717) is 18.5 Å². The van der Waals surface area contributed by atoms with E-state index in [9.17, 15) is 9.18 Å². The number of rotatable bonds is 5. The molecule has 0 aliphatic carbocycles. The van der Waals surface area contributed by atoms with E-state index >= 15 is 0 Å². The van der Waals surface area contributed by atoms with Crippen LogP contribution in [0.25, 0.3) is 5.52 Å². The molecule has 0 bridgehead atoms. The monoisotopic (exact) mass is 279 g/mol.